The fraction of sp³-hybridized carbons (Fsp3) is 0. The van der Waals surface area contributed by atoms with E-state index >= 15 is 0 Å². The summed E-state index contributed by atoms with van der Waals surface area (Å²) in [6, 6.07) is 0. The molecule has 0 unspecified atom stereocenters. The first kappa shape index (κ1) is 7.14. The summed E-state index contributed by atoms with van der Waals surface area (Å²) in [7, 11) is 0. The van der Waals surface area contributed by atoms with Crippen LogP contribution in [-0.2, 0) is 0 Å². The molecule has 0 amide bonds. The highest BCUT2D eigenvalue weighted by molar-refractivity contribution is 9.10. The van der Waals surface area contributed by atoms with Gasteiger partial charge in [0, 0.05) is 6.20 Å². The molecule has 0 spiro atoms. The molecule has 1 aromatic heterocycles. The summed E-state index contributed by atoms with van der Waals surface area (Å²) in [6.07, 6.45) is 1.31. The van der Waals surface area contributed by atoms with Crippen molar-refractivity contribution in [2.75, 3.05) is 5.73 Å². The van der Waals surface area contributed by atoms with Crippen LogP contribution in [0.1, 0.15) is 0 Å². The van der Waals surface area contributed by atoms with Crippen LogP contribution in [0.3, 0.4) is 0 Å². The fourth-order valence-corrected chi connectivity index (χ4v) is 0.772. The lowest BCUT2D eigenvalue weighted by atomic mass is 10.4. The van der Waals surface area contributed by atoms with Crippen molar-refractivity contribution in [2.45, 2.75) is 0 Å². The quantitative estimate of drug-likeness (QED) is 0.586. The monoisotopic (exact) mass is 204 g/mol. The maximum absolute atomic E-state index is 8.92. The summed E-state index contributed by atoms with van der Waals surface area (Å²) in [6.45, 7) is 0. The third-order valence-electron chi connectivity index (χ3n) is 1.02. The van der Waals surface area contributed by atoms with Gasteiger partial charge in [0.2, 0.25) is 5.75 Å². The lowest BCUT2D eigenvalue weighted by molar-refractivity contribution is 0.390. The maximum Gasteiger partial charge on any atom is 0.256 e. The van der Waals surface area contributed by atoms with Gasteiger partial charge in [0.15, 0.2) is 0 Å². The van der Waals surface area contributed by atoms with Gasteiger partial charge in [0.1, 0.15) is 0 Å². The number of aromatic nitrogens is 1. The molecule has 0 saturated carbocycles. The van der Waals surface area contributed by atoms with E-state index in [1.165, 1.54) is 6.20 Å². The van der Waals surface area contributed by atoms with Crippen LogP contribution in [0.15, 0.2) is 10.7 Å². The van der Waals surface area contributed by atoms with E-state index < -0.39 is 11.6 Å². The SMILES string of the molecule is Nc1c(Br)cnc(O)c1O. The van der Waals surface area contributed by atoms with E-state index in [0.717, 1.165) is 0 Å². The molecule has 1 aromatic rings. The first-order valence-electron chi connectivity index (χ1n) is 2.45. The Balaban J connectivity index is 3.34. The van der Waals surface area contributed by atoms with Gasteiger partial charge in [-0.15, -0.1) is 0 Å². The zero-order valence-corrected chi connectivity index (χ0v) is 6.46. The summed E-state index contributed by atoms with van der Waals surface area (Å²) in [5.41, 5.74) is 5.38. The lowest BCUT2D eigenvalue weighted by Crippen LogP contribution is -1.88. The number of nitrogens with zero attached hydrogens (tertiary/aromatic N) is 1. The van der Waals surface area contributed by atoms with E-state index in [9.17, 15) is 0 Å². The second-order valence-corrected chi connectivity index (χ2v) is 2.55. The van der Waals surface area contributed by atoms with Crippen LogP contribution in [0.4, 0.5) is 5.69 Å². The highest BCUT2D eigenvalue weighted by Crippen LogP contribution is 2.33. The average molecular weight is 205 g/mol. The minimum atomic E-state index is -0.458. The minimum Gasteiger partial charge on any atom is -0.502 e. The Morgan fingerprint density at radius 1 is 1.50 bits per heavy atom. The van der Waals surface area contributed by atoms with Gasteiger partial charge in [-0.3, -0.25) is 0 Å². The fourth-order valence-electron chi connectivity index (χ4n) is 0.482. The van der Waals surface area contributed by atoms with Crippen molar-refractivity contribution in [3.05, 3.63) is 10.7 Å². The van der Waals surface area contributed by atoms with E-state index in [2.05, 4.69) is 20.9 Å². The number of pyridine rings is 1. The largest absolute Gasteiger partial charge is 0.502 e. The predicted molar refractivity (Wildman–Crippen MR) is 39.7 cm³/mol. The third-order valence-corrected chi connectivity index (χ3v) is 1.66. The maximum atomic E-state index is 8.92. The molecule has 0 aliphatic carbocycles. The van der Waals surface area contributed by atoms with Crippen molar-refractivity contribution in [1.82, 2.24) is 4.98 Å². The number of hydrogen-bond acceptors (Lipinski definition) is 4. The van der Waals surface area contributed by atoms with Crippen molar-refractivity contribution in [3.8, 4) is 11.6 Å². The van der Waals surface area contributed by atoms with Crippen molar-refractivity contribution < 1.29 is 10.2 Å². The molecule has 10 heavy (non-hydrogen) atoms. The molecular formula is C5H5BrN2O2. The molecule has 0 aromatic carbocycles. The van der Waals surface area contributed by atoms with E-state index in [1.54, 1.807) is 0 Å². The standard InChI is InChI=1S/C5H5BrN2O2/c6-2-1-8-5(10)4(9)3(2)7/h1,9H,(H3,7,8,10). The van der Waals surface area contributed by atoms with Gasteiger partial charge < -0.3 is 15.9 Å². The van der Waals surface area contributed by atoms with Crippen molar-refractivity contribution >= 4 is 21.6 Å². The Morgan fingerprint density at radius 3 is 2.60 bits per heavy atom. The Bertz CT molecular complexity index is 237. The molecule has 54 valence electrons. The number of halogens is 1. The molecule has 0 bridgehead atoms. The molecular weight excluding hydrogens is 200 g/mol. The van der Waals surface area contributed by atoms with Gasteiger partial charge in [0.05, 0.1) is 10.2 Å². The molecule has 0 aliphatic heterocycles. The van der Waals surface area contributed by atoms with Crippen LogP contribution in [-0.4, -0.2) is 15.2 Å². The van der Waals surface area contributed by atoms with Crippen molar-refractivity contribution in [1.29, 1.82) is 0 Å². The lowest BCUT2D eigenvalue weighted by Gasteiger charge is -2.00. The molecule has 0 saturated heterocycles. The van der Waals surface area contributed by atoms with E-state index in [4.69, 9.17) is 15.9 Å². The third kappa shape index (κ3) is 0.995. The van der Waals surface area contributed by atoms with Gasteiger partial charge in [0.25, 0.3) is 5.88 Å². The van der Waals surface area contributed by atoms with Gasteiger partial charge in [-0.05, 0) is 15.9 Å². The minimum absolute atomic E-state index is 0.0903. The predicted octanol–water partition coefficient (Wildman–Crippen LogP) is 0.837. The highest BCUT2D eigenvalue weighted by atomic mass is 79.9. The first-order chi connectivity index (χ1) is 4.63. The Labute approximate surface area is 65.4 Å². The zero-order valence-electron chi connectivity index (χ0n) is 4.87. The summed E-state index contributed by atoms with van der Waals surface area (Å²) >= 11 is 3.02. The van der Waals surface area contributed by atoms with Gasteiger partial charge in [-0.25, -0.2) is 4.98 Å². The smallest absolute Gasteiger partial charge is 0.256 e. The second-order valence-electron chi connectivity index (χ2n) is 1.69. The van der Waals surface area contributed by atoms with Crippen LogP contribution >= 0.6 is 15.9 Å². The number of nitrogens with two attached hydrogens (primary N) is 1. The molecule has 1 heterocycles. The summed E-state index contributed by atoms with van der Waals surface area (Å²) < 4.78 is 0.461. The number of nitrogen functional groups attached to an aromatic ring is 1. The van der Waals surface area contributed by atoms with Gasteiger partial charge in [-0.2, -0.15) is 0 Å². The topological polar surface area (TPSA) is 79.4 Å². The van der Waals surface area contributed by atoms with E-state index in [-0.39, 0.29) is 5.69 Å². The van der Waals surface area contributed by atoms with Crippen LogP contribution in [0.5, 0.6) is 11.6 Å². The molecule has 5 heteroatoms. The number of rotatable bonds is 0. The van der Waals surface area contributed by atoms with Crippen LogP contribution in [0, 0.1) is 0 Å². The van der Waals surface area contributed by atoms with Crippen molar-refractivity contribution in [2.24, 2.45) is 0 Å². The first-order valence-corrected chi connectivity index (χ1v) is 3.24. The summed E-state index contributed by atoms with van der Waals surface area (Å²) in [5.74, 6) is -0.852. The molecule has 0 atom stereocenters. The van der Waals surface area contributed by atoms with Crippen molar-refractivity contribution in [3.63, 3.8) is 0 Å². The van der Waals surface area contributed by atoms with Gasteiger partial charge in [-0.1, -0.05) is 0 Å². The molecule has 4 N–H and O–H groups in total. The average Bonchev–Trinajstić information content (AvgIpc) is 1.93. The summed E-state index contributed by atoms with van der Waals surface area (Å²) in [4.78, 5) is 3.42. The second kappa shape index (κ2) is 2.34. The zero-order chi connectivity index (χ0) is 7.72. The number of anilines is 1. The molecule has 0 fully saturated rings. The van der Waals surface area contributed by atoms with Crippen LogP contribution < -0.4 is 5.73 Å². The number of aromatic hydroxyl groups is 2. The van der Waals surface area contributed by atoms with E-state index in [1.807, 2.05) is 0 Å². The number of hydrogen-bond donors (Lipinski definition) is 3. The Morgan fingerprint density at radius 2 is 2.10 bits per heavy atom. The highest BCUT2D eigenvalue weighted by Gasteiger charge is 2.07. The molecule has 1 rings (SSSR count). The molecule has 4 nitrogen and oxygen atoms in total. The van der Waals surface area contributed by atoms with Gasteiger partial charge >= 0.3 is 0 Å². The van der Waals surface area contributed by atoms with Crippen LogP contribution in [0.2, 0.25) is 0 Å². The Hall–Kier alpha value is -0.970. The molecule has 0 radical (unpaired) electrons. The summed E-state index contributed by atoms with van der Waals surface area (Å²) in [5, 5.41) is 17.7. The van der Waals surface area contributed by atoms with E-state index in [0.29, 0.717) is 4.47 Å². The van der Waals surface area contributed by atoms with Crippen LogP contribution in [0.25, 0.3) is 0 Å². The Kier molecular flexibility index (Phi) is 1.67. The normalized spacial score (nSPS) is 9.70. The molecule has 0 aliphatic rings.